The lowest BCUT2D eigenvalue weighted by molar-refractivity contribution is -0.139. The van der Waals surface area contributed by atoms with E-state index in [9.17, 15) is 9.59 Å². The quantitative estimate of drug-likeness (QED) is 0.701. The third-order valence-electron chi connectivity index (χ3n) is 2.55. The van der Waals surface area contributed by atoms with Gasteiger partial charge in [0, 0.05) is 20.1 Å². The molecule has 0 saturated heterocycles. The second kappa shape index (κ2) is 6.79. The molecule has 1 aromatic rings. The van der Waals surface area contributed by atoms with E-state index in [4.69, 9.17) is 14.6 Å². The highest BCUT2D eigenvalue weighted by atomic mass is 16.4. The first kappa shape index (κ1) is 15.0. The zero-order chi connectivity index (χ0) is 14.4. The Kier molecular flexibility index (Phi) is 5.37. The van der Waals surface area contributed by atoms with Crippen molar-refractivity contribution < 1.29 is 24.2 Å². The third kappa shape index (κ3) is 4.63. The smallest absolute Gasteiger partial charge is 0.326 e. The number of aliphatic carboxylic acids is 1. The highest BCUT2D eigenvalue weighted by Crippen LogP contribution is 2.08. The Labute approximate surface area is 110 Å². The van der Waals surface area contributed by atoms with E-state index in [0.717, 1.165) is 5.76 Å². The van der Waals surface area contributed by atoms with Gasteiger partial charge in [-0.2, -0.15) is 0 Å². The topological polar surface area (TPSA) is 103 Å². The van der Waals surface area contributed by atoms with E-state index < -0.39 is 18.0 Å². The minimum absolute atomic E-state index is 0.0330. The van der Waals surface area contributed by atoms with Crippen LogP contribution in [0.1, 0.15) is 17.9 Å². The van der Waals surface area contributed by atoms with Crippen LogP contribution in [0.3, 0.4) is 0 Å². The Balaban J connectivity index is 2.54. The highest BCUT2D eigenvalue weighted by molar-refractivity contribution is 5.82. The summed E-state index contributed by atoms with van der Waals surface area (Å²) in [4.78, 5) is 23.9. The number of carbonyl (C=O) groups excluding carboxylic acids is 1. The van der Waals surface area contributed by atoms with E-state index in [0.29, 0.717) is 5.76 Å². The van der Waals surface area contributed by atoms with Gasteiger partial charge in [0.05, 0.1) is 6.54 Å². The molecule has 0 bridgehead atoms. The number of hydrogen-bond donors (Lipinski definition) is 3. The first-order chi connectivity index (χ1) is 8.93. The average molecular weight is 270 g/mol. The first-order valence-corrected chi connectivity index (χ1v) is 5.84. The number of amides is 2. The Hall–Kier alpha value is -2.02. The van der Waals surface area contributed by atoms with E-state index >= 15 is 0 Å². The van der Waals surface area contributed by atoms with Gasteiger partial charge in [0.15, 0.2) is 0 Å². The maximum Gasteiger partial charge on any atom is 0.326 e. The lowest BCUT2D eigenvalue weighted by atomic mass is 10.2. The Morgan fingerprint density at radius 1 is 1.47 bits per heavy atom. The van der Waals surface area contributed by atoms with Crippen molar-refractivity contribution >= 4 is 12.0 Å². The number of rotatable bonds is 6. The van der Waals surface area contributed by atoms with Gasteiger partial charge < -0.3 is 24.8 Å². The van der Waals surface area contributed by atoms with Gasteiger partial charge in [0.2, 0.25) is 0 Å². The van der Waals surface area contributed by atoms with Crippen LogP contribution >= 0.6 is 0 Å². The van der Waals surface area contributed by atoms with E-state index in [1.165, 1.54) is 11.9 Å². The van der Waals surface area contributed by atoms with Crippen LogP contribution in [0.2, 0.25) is 0 Å². The molecule has 0 aliphatic carbocycles. The number of aliphatic hydroxyl groups excluding tert-OH is 1. The molecular formula is C12H18N2O5. The van der Waals surface area contributed by atoms with Gasteiger partial charge in [-0.3, -0.25) is 0 Å². The SMILES string of the molecule is Cc1ccc(CN(C)C(=O)N[C@H](CCO)C(=O)O)o1. The number of carboxylic acid groups (broad SMARTS) is 1. The van der Waals surface area contributed by atoms with Gasteiger partial charge in [-0.25, -0.2) is 9.59 Å². The van der Waals surface area contributed by atoms with Crippen molar-refractivity contribution in [3.63, 3.8) is 0 Å². The molecular weight excluding hydrogens is 252 g/mol. The predicted molar refractivity (Wildman–Crippen MR) is 66.6 cm³/mol. The van der Waals surface area contributed by atoms with Crippen LogP contribution in [-0.4, -0.2) is 46.8 Å². The molecule has 106 valence electrons. The van der Waals surface area contributed by atoms with Crippen molar-refractivity contribution in [2.75, 3.05) is 13.7 Å². The van der Waals surface area contributed by atoms with E-state index in [-0.39, 0.29) is 19.6 Å². The number of carbonyl (C=O) groups is 2. The van der Waals surface area contributed by atoms with Gasteiger partial charge in [0.1, 0.15) is 17.6 Å². The summed E-state index contributed by atoms with van der Waals surface area (Å²) >= 11 is 0. The van der Waals surface area contributed by atoms with Crippen molar-refractivity contribution in [2.45, 2.75) is 25.9 Å². The molecule has 0 saturated carbocycles. The number of nitrogens with zero attached hydrogens (tertiary/aromatic N) is 1. The van der Waals surface area contributed by atoms with Crippen molar-refractivity contribution in [1.29, 1.82) is 0 Å². The zero-order valence-corrected chi connectivity index (χ0v) is 10.9. The van der Waals surface area contributed by atoms with Gasteiger partial charge in [-0.1, -0.05) is 0 Å². The minimum Gasteiger partial charge on any atom is -0.480 e. The molecule has 7 nitrogen and oxygen atoms in total. The summed E-state index contributed by atoms with van der Waals surface area (Å²) in [6, 6.07) is 1.90. The molecule has 0 spiro atoms. The highest BCUT2D eigenvalue weighted by Gasteiger charge is 2.21. The first-order valence-electron chi connectivity index (χ1n) is 5.84. The molecule has 19 heavy (non-hydrogen) atoms. The van der Waals surface area contributed by atoms with Gasteiger partial charge in [-0.05, 0) is 19.1 Å². The molecule has 0 radical (unpaired) electrons. The second-order valence-electron chi connectivity index (χ2n) is 4.22. The fourth-order valence-electron chi connectivity index (χ4n) is 1.52. The Morgan fingerprint density at radius 3 is 2.63 bits per heavy atom. The number of urea groups is 1. The lowest BCUT2D eigenvalue weighted by Crippen LogP contribution is -2.46. The van der Waals surface area contributed by atoms with Crippen molar-refractivity contribution in [1.82, 2.24) is 10.2 Å². The molecule has 1 aromatic heterocycles. The molecule has 0 aromatic carbocycles. The second-order valence-corrected chi connectivity index (χ2v) is 4.22. The Morgan fingerprint density at radius 2 is 2.16 bits per heavy atom. The summed E-state index contributed by atoms with van der Waals surface area (Å²) in [5.41, 5.74) is 0. The summed E-state index contributed by atoms with van der Waals surface area (Å²) in [5.74, 6) is 0.182. The lowest BCUT2D eigenvalue weighted by Gasteiger charge is -2.20. The fraction of sp³-hybridized carbons (Fsp3) is 0.500. The summed E-state index contributed by atoms with van der Waals surface area (Å²) in [7, 11) is 1.53. The fourth-order valence-corrected chi connectivity index (χ4v) is 1.52. The molecule has 1 heterocycles. The number of hydrogen-bond acceptors (Lipinski definition) is 4. The predicted octanol–water partition coefficient (Wildman–Crippen LogP) is 0.565. The van der Waals surface area contributed by atoms with Crippen molar-refractivity contribution in [3.8, 4) is 0 Å². The van der Waals surface area contributed by atoms with E-state index in [2.05, 4.69) is 5.32 Å². The van der Waals surface area contributed by atoms with Crippen LogP contribution in [0.5, 0.6) is 0 Å². The monoisotopic (exact) mass is 270 g/mol. The largest absolute Gasteiger partial charge is 0.480 e. The molecule has 0 aliphatic heterocycles. The van der Waals surface area contributed by atoms with Gasteiger partial charge in [-0.15, -0.1) is 0 Å². The summed E-state index contributed by atoms with van der Waals surface area (Å²) in [6.45, 7) is 1.73. The molecule has 0 aliphatic rings. The van der Waals surface area contributed by atoms with Crippen molar-refractivity contribution in [3.05, 3.63) is 23.7 Å². The standard InChI is InChI=1S/C12H18N2O5/c1-8-3-4-9(19-8)7-14(2)12(18)13-10(5-6-15)11(16)17/h3-4,10,15H,5-7H2,1-2H3,(H,13,18)(H,16,17)/t10-/m1/s1. The molecule has 3 N–H and O–H groups in total. The number of aryl methyl sites for hydroxylation is 1. The maximum atomic E-state index is 11.8. The maximum absolute atomic E-state index is 11.8. The van der Waals surface area contributed by atoms with Crippen LogP contribution in [0.15, 0.2) is 16.5 Å². The van der Waals surface area contributed by atoms with Crippen LogP contribution in [-0.2, 0) is 11.3 Å². The average Bonchev–Trinajstić information content (AvgIpc) is 2.73. The van der Waals surface area contributed by atoms with E-state index in [1.54, 1.807) is 19.1 Å². The van der Waals surface area contributed by atoms with Crippen LogP contribution in [0.4, 0.5) is 4.79 Å². The van der Waals surface area contributed by atoms with Gasteiger partial charge >= 0.3 is 12.0 Å². The van der Waals surface area contributed by atoms with E-state index in [1.807, 2.05) is 0 Å². The number of carboxylic acids is 1. The zero-order valence-electron chi connectivity index (χ0n) is 10.9. The number of furan rings is 1. The molecule has 2 amide bonds. The number of nitrogens with one attached hydrogen (secondary N) is 1. The van der Waals surface area contributed by atoms with Crippen molar-refractivity contribution in [2.24, 2.45) is 0 Å². The molecule has 1 rings (SSSR count). The van der Waals surface area contributed by atoms with Crippen LogP contribution in [0, 0.1) is 6.92 Å². The summed E-state index contributed by atoms with van der Waals surface area (Å²) in [5, 5.41) is 19.9. The Bertz CT molecular complexity index is 443. The van der Waals surface area contributed by atoms with Gasteiger partial charge in [0.25, 0.3) is 0 Å². The molecule has 0 fully saturated rings. The summed E-state index contributed by atoms with van der Waals surface area (Å²) in [6.07, 6.45) is -0.0330. The molecule has 1 atom stereocenters. The molecule has 7 heteroatoms. The van der Waals surface area contributed by atoms with Crippen LogP contribution in [0.25, 0.3) is 0 Å². The normalized spacial score (nSPS) is 11.9. The van der Waals surface area contributed by atoms with Crippen LogP contribution < -0.4 is 5.32 Å². The summed E-state index contributed by atoms with van der Waals surface area (Å²) < 4.78 is 5.33. The number of aliphatic hydroxyl groups is 1. The minimum atomic E-state index is -1.18. The third-order valence-corrected chi connectivity index (χ3v) is 2.55. The molecule has 0 unspecified atom stereocenters.